The second-order valence-corrected chi connectivity index (χ2v) is 9.30. The molecule has 0 bridgehead atoms. The highest BCUT2D eigenvalue weighted by Gasteiger charge is 2.63. The number of hydrazine groups is 1. The summed E-state index contributed by atoms with van der Waals surface area (Å²) in [4.78, 5) is 29.9. The number of halogens is 7. The number of Topliss-reactive ketones (excluding diaryl/α,β-unsaturated/α-hetero) is 1. The predicted octanol–water partition coefficient (Wildman–Crippen LogP) is 6.48. The average Bonchev–Trinajstić information content (AvgIpc) is 2.88. The molecule has 40 heavy (non-hydrogen) atoms. The van der Waals surface area contributed by atoms with Crippen LogP contribution in [0.3, 0.4) is 0 Å². The molecule has 2 rings (SSSR count). The number of hydrogen-bond acceptors (Lipinski definition) is 6. The van der Waals surface area contributed by atoms with Crippen LogP contribution in [-0.2, 0) is 17.5 Å². The third-order valence-corrected chi connectivity index (χ3v) is 6.40. The van der Waals surface area contributed by atoms with Gasteiger partial charge in [0.25, 0.3) is 5.91 Å². The van der Waals surface area contributed by atoms with Crippen molar-refractivity contribution in [2.45, 2.75) is 56.9 Å². The number of nitrogens with one attached hydrogen (secondary N) is 1. The number of amides is 1. The lowest BCUT2D eigenvalue weighted by Gasteiger charge is -2.35. The maximum Gasteiger partial charge on any atom is 0.425 e. The number of rotatable bonds is 13. The highest BCUT2D eigenvalue weighted by molar-refractivity contribution is 9.10. The smallest absolute Gasteiger partial charge is 0.425 e. The van der Waals surface area contributed by atoms with Crippen molar-refractivity contribution in [2.24, 2.45) is 5.84 Å². The number of aromatic nitrogens is 1. The summed E-state index contributed by atoms with van der Waals surface area (Å²) in [5, 5.41) is 0. The molecule has 1 aromatic heterocycles. The summed E-state index contributed by atoms with van der Waals surface area (Å²) >= 11 is 2.71. The number of nitrogens with two attached hydrogens (primary N) is 1. The van der Waals surface area contributed by atoms with Crippen molar-refractivity contribution in [1.82, 2.24) is 10.4 Å². The fourth-order valence-electron chi connectivity index (χ4n) is 3.69. The Kier molecular flexibility index (Phi) is 11.1. The molecule has 0 aliphatic rings. The fourth-order valence-corrected chi connectivity index (χ4v) is 4.33. The molecule has 0 saturated carbocycles. The summed E-state index contributed by atoms with van der Waals surface area (Å²) in [6.45, 7) is 7.37. The van der Waals surface area contributed by atoms with Crippen LogP contribution < -0.4 is 16.0 Å². The number of allylic oxidation sites excluding steroid dienone is 1. The van der Waals surface area contributed by atoms with Crippen LogP contribution in [0.25, 0.3) is 0 Å². The van der Waals surface area contributed by atoms with Crippen molar-refractivity contribution in [3.63, 3.8) is 0 Å². The molecule has 0 aliphatic heterocycles. The van der Waals surface area contributed by atoms with Crippen molar-refractivity contribution < 1.29 is 45.4 Å². The highest BCUT2D eigenvalue weighted by Crippen LogP contribution is 2.47. The first-order chi connectivity index (χ1) is 18.6. The maximum absolute atomic E-state index is 14.8. The zero-order valence-corrected chi connectivity index (χ0v) is 22.8. The third kappa shape index (κ3) is 7.29. The number of nitrogen functional groups attached to an aromatic ring is 1. The monoisotopic (exact) mass is 637 g/mol. The Morgan fingerprint density at radius 2 is 1.75 bits per heavy atom. The Bertz CT molecular complexity index is 1240. The highest BCUT2D eigenvalue weighted by atomic mass is 79.9. The van der Waals surface area contributed by atoms with E-state index in [1.54, 1.807) is 11.5 Å². The van der Waals surface area contributed by atoms with Gasteiger partial charge < -0.3 is 9.47 Å². The van der Waals surface area contributed by atoms with Gasteiger partial charge in [0.15, 0.2) is 0 Å². The van der Waals surface area contributed by atoms with Crippen LogP contribution in [0, 0.1) is 0 Å². The van der Waals surface area contributed by atoms with Gasteiger partial charge >= 0.3 is 12.4 Å². The Labute approximate surface area is 234 Å². The van der Waals surface area contributed by atoms with Crippen LogP contribution in [-0.4, -0.2) is 34.6 Å². The minimum absolute atomic E-state index is 0.00273. The topological polar surface area (TPSA) is 104 Å². The largest absolute Gasteiger partial charge is 0.474 e. The van der Waals surface area contributed by atoms with E-state index in [0.717, 1.165) is 6.08 Å². The number of benzene rings is 1. The lowest BCUT2D eigenvalue weighted by Crippen LogP contribution is -2.54. The van der Waals surface area contributed by atoms with Crippen LogP contribution in [0.1, 0.15) is 58.2 Å². The van der Waals surface area contributed by atoms with E-state index < -0.39 is 82.4 Å². The van der Waals surface area contributed by atoms with Gasteiger partial charge in [0.05, 0.1) is 16.6 Å². The van der Waals surface area contributed by atoms with Crippen molar-refractivity contribution in [1.29, 1.82) is 0 Å². The van der Waals surface area contributed by atoms with E-state index in [-0.39, 0.29) is 12.0 Å². The van der Waals surface area contributed by atoms with E-state index in [2.05, 4.69) is 34.1 Å². The van der Waals surface area contributed by atoms with E-state index in [1.165, 1.54) is 37.3 Å². The summed E-state index contributed by atoms with van der Waals surface area (Å²) < 4.78 is 97.4. The molecule has 0 radical (unpaired) electrons. The van der Waals surface area contributed by atoms with Gasteiger partial charge in [-0.2, -0.15) is 26.3 Å². The van der Waals surface area contributed by atoms with Crippen LogP contribution in [0.15, 0.2) is 60.1 Å². The van der Waals surface area contributed by atoms with E-state index in [0.29, 0.717) is 0 Å². The molecule has 0 saturated heterocycles. The molecule has 1 heterocycles. The number of ether oxygens (including phenoxy) is 2. The molecule has 1 amide bonds. The number of pyridine rings is 1. The molecule has 1 aromatic carbocycles. The molecular formula is C26H26BrF6N3O4. The van der Waals surface area contributed by atoms with Gasteiger partial charge in [0, 0.05) is 6.42 Å². The molecule has 0 fully saturated rings. The summed E-state index contributed by atoms with van der Waals surface area (Å²) in [5.74, 6) is 0.401. The summed E-state index contributed by atoms with van der Waals surface area (Å²) in [5.41, 5.74) is -6.33. The van der Waals surface area contributed by atoms with Crippen molar-refractivity contribution in [3.05, 3.63) is 82.5 Å². The normalized spacial score (nSPS) is 14.1. The Hall–Kier alpha value is -3.23. The van der Waals surface area contributed by atoms with Gasteiger partial charge in [0.2, 0.25) is 17.3 Å². The minimum atomic E-state index is -5.51. The fraction of sp³-hybridized carbons (Fsp3) is 0.346. The Morgan fingerprint density at radius 1 is 1.12 bits per heavy atom. The van der Waals surface area contributed by atoms with Crippen LogP contribution in [0.2, 0.25) is 0 Å². The van der Waals surface area contributed by atoms with Crippen molar-refractivity contribution in [3.8, 4) is 5.88 Å². The molecule has 0 unspecified atom stereocenters. The Morgan fingerprint density at radius 3 is 2.25 bits per heavy atom. The molecule has 0 aliphatic carbocycles. The minimum Gasteiger partial charge on any atom is -0.474 e. The van der Waals surface area contributed by atoms with E-state index in [9.17, 15) is 35.9 Å². The lowest BCUT2D eigenvalue weighted by atomic mass is 9.85. The Balaban J connectivity index is 2.96. The van der Waals surface area contributed by atoms with Crippen molar-refractivity contribution in [2.75, 3.05) is 0 Å². The molecule has 14 heteroatoms. The van der Waals surface area contributed by atoms with Crippen LogP contribution in [0.5, 0.6) is 5.88 Å². The van der Waals surface area contributed by atoms with Gasteiger partial charge in [-0.3, -0.25) is 15.0 Å². The zero-order valence-electron chi connectivity index (χ0n) is 21.2. The summed E-state index contributed by atoms with van der Waals surface area (Å²) in [6, 6.07) is 7.43. The number of ketones is 1. The van der Waals surface area contributed by atoms with Gasteiger partial charge in [-0.25, -0.2) is 10.8 Å². The first-order valence-corrected chi connectivity index (χ1v) is 12.4. The van der Waals surface area contributed by atoms with E-state index in [4.69, 9.17) is 15.3 Å². The molecule has 2 aromatic rings. The van der Waals surface area contributed by atoms with Gasteiger partial charge in [-0.05, 0) is 41.3 Å². The average molecular weight is 638 g/mol. The van der Waals surface area contributed by atoms with Gasteiger partial charge in [-0.15, -0.1) is 13.2 Å². The SMILES string of the molecule is C=CCC[C@@](OCc1ccccc1)(C(=O)c1c(Br)c(C(=O)NN)nc(O[C@H](C)CC=C)c1C(F)(F)F)C(F)(F)F. The number of hydrogen-bond donors (Lipinski definition) is 2. The molecule has 2 atom stereocenters. The zero-order chi connectivity index (χ0) is 30.3. The second-order valence-electron chi connectivity index (χ2n) is 8.51. The summed E-state index contributed by atoms with van der Waals surface area (Å²) in [7, 11) is 0. The molecule has 3 N–H and O–H groups in total. The first kappa shape index (κ1) is 33.0. The van der Waals surface area contributed by atoms with Gasteiger partial charge in [0.1, 0.15) is 17.4 Å². The second kappa shape index (κ2) is 13.4. The molecule has 0 spiro atoms. The maximum atomic E-state index is 14.8. The van der Waals surface area contributed by atoms with Gasteiger partial charge in [-0.1, -0.05) is 42.5 Å². The third-order valence-electron chi connectivity index (χ3n) is 5.63. The summed E-state index contributed by atoms with van der Waals surface area (Å²) in [6.07, 6.45) is -11.2. The molecular weight excluding hydrogens is 612 g/mol. The number of alkyl halides is 6. The van der Waals surface area contributed by atoms with E-state index in [1.807, 2.05) is 0 Å². The molecule has 218 valence electrons. The number of carbonyl (C=O) groups excluding carboxylic acids is 2. The number of nitrogens with zero attached hydrogens (tertiary/aromatic N) is 1. The standard InChI is InChI=1S/C26H26BrF6N3O4/c1-4-6-13-24(26(31,32)33,39-14-16-11-8-7-9-12-16)21(37)17-18(25(28,29)30)23(40-15(3)10-5-2)35-20(19(17)27)22(38)36-34/h4-5,7-9,11-12,15H,1-2,6,10,13-14,34H2,3H3,(H,36,38)/t15-,24-/m1/s1. The predicted molar refractivity (Wildman–Crippen MR) is 137 cm³/mol. The lowest BCUT2D eigenvalue weighted by molar-refractivity contribution is -0.260. The number of carbonyl (C=O) groups is 2. The first-order valence-electron chi connectivity index (χ1n) is 11.6. The van der Waals surface area contributed by atoms with Crippen LogP contribution in [0.4, 0.5) is 26.3 Å². The van der Waals surface area contributed by atoms with E-state index >= 15 is 0 Å². The van der Waals surface area contributed by atoms with Crippen molar-refractivity contribution >= 4 is 27.6 Å². The van der Waals surface area contributed by atoms with Crippen LogP contribution >= 0.6 is 15.9 Å². The molecule has 7 nitrogen and oxygen atoms in total. The quantitative estimate of drug-likeness (QED) is 0.0651.